The lowest BCUT2D eigenvalue weighted by atomic mass is 10.1. The van der Waals surface area contributed by atoms with Crippen molar-refractivity contribution in [2.45, 2.75) is 13.5 Å². The average molecular weight is 495 g/mol. The van der Waals surface area contributed by atoms with Crippen molar-refractivity contribution in [1.29, 1.82) is 0 Å². The van der Waals surface area contributed by atoms with Gasteiger partial charge in [-0.2, -0.15) is 0 Å². The molecule has 3 aromatic rings. The molecule has 0 aromatic heterocycles. The molecule has 4 rings (SSSR count). The van der Waals surface area contributed by atoms with Crippen LogP contribution in [0.2, 0.25) is 5.02 Å². The molecule has 0 spiro atoms. The summed E-state index contributed by atoms with van der Waals surface area (Å²) in [5.41, 5.74) is 1.17. The summed E-state index contributed by atoms with van der Waals surface area (Å²) >= 11 is 5.89. The molecule has 1 aliphatic heterocycles. The number of halogens is 2. The maximum Gasteiger partial charge on any atom is 0.335 e. The van der Waals surface area contributed by atoms with Gasteiger partial charge in [0.1, 0.15) is 18.0 Å². The van der Waals surface area contributed by atoms with Crippen LogP contribution in [0.3, 0.4) is 0 Å². The first-order chi connectivity index (χ1) is 16.9. The molecule has 178 valence electrons. The van der Waals surface area contributed by atoms with Crippen LogP contribution < -0.4 is 19.7 Å². The van der Waals surface area contributed by atoms with E-state index in [1.807, 2.05) is 0 Å². The summed E-state index contributed by atoms with van der Waals surface area (Å²) in [5, 5.41) is 2.62. The highest BCUT2D eigenvalue weighted by molar-refractivity contribution is 6.39. The number of hydrogen-bond donors (Lipinski definition) is 1. The van der Waals surface area contributed by atoms with Crippen molar-refractivity contribution in [3.63, 3.8) is 0 Å². The van der Waals surface area contributed by atoms with Crippen molar-refractivity contribution in [3.8, 4) is 11.5 Å². The number of rotatable bonds is 7. The highest BCUT2D eigenvalue weighted by Crippen LogP contribution is 2.31. The Morgan fingerprint density at radius 1 is 0.971 bits per heavy atom. The minimum atomic E-state index is -0.851. The number of nitrogens with one attached hydrogen (secondary N) is 1. The van der Waals surface area contributed by atoms with E-state index in [-0.39, 0.29) is 23.7 Å². The molecular formula is C26H20ClFN2O5. The monoisotopic (exact) mass is 494 g/mol. The summed E-state index contributed by atoms with van der Waals surface area (Å²) in [5.74, 6) is -1.15. The Balaban J connectivity index is 1.61. The van der Waals surface area contributed by atoms with Gasteiger partial charge in [0.05, 0.1) is 12.3 Å². The Morgan fingerprint density at radius 2 is 1.74 bits per heavy atom. The fourth-order valence-electron chi connectivity index (χ4n) is 3.44. The molecule has 3 aromatic carbocycles. The molecule has 0 atom stereocenters. The average Bonchev–Trinajstić information content (AvgIpc) is 2.82. The zero-order valence-corrected chi connectivity index (χ0v) is 19.3. The summed E-state index contributed by atoms with van der Waals surface area (Å²) in [6, 6.07) is 16.2. The molecule has 4 amide bonds. The van der Waals surface area contributed by atoms with Gasteiger partial charge in [-0.1, -0.05) is 29.8 Å². The minimum absolute atomic E-state index is 0.122. The predicted molar refractivity (Wildman–Crippen MR) is 129 cm³/mol. The first-order valence-corrected chi connectivity index (χ1v) is 11.0. The lowest BCUT2D eigenvalue weighted by molar-refractivity contribution is -0.122. The Labute approximate surface area is 205 Å². The van der Waals surface area contributed by atoms with E-state index in [1.54, 1.807) is 37.3 Å². The number of imide groups is 2. The Hall–Kier alpha value is -4.17. The normalized spacial score (nSPS) is 14.8. The molecule has 0 saturated carbocycles. The van der Waals surface area contributed by atoms with Gasteiger partial charge in [0, 0.05) is 5.02 Å². The third-order valence-corrected chi connectivity index (χ3v) is 5.30. The van der Waals surface area contributed by atoms with Crippen LogP contribution in [0.4, 0.5) is 14.9 Å². The molecule has 1 N–H and O–H groups in total. The standard InChI is InChI=1S/C26H20ClFN2O5/c1-2-34-23-14-16(6-11-22(23)35-15-17-4-3-5-19(28)12-17)13-21-24(31)29-26(33)30(25(21)32)20-9-7-18(27)8-10-20/h3-14H,2,15H2,1H3,(H,29,31,33)/b21-13+. The molecule has 0 radical (unpaired) electrons. The van der Waals surface area contributed by atoms with Gasteiger partial charge >= 0.3 is 6.03 Å². The van der Waals surface area contributed by atoms with Crippen molar-refractivity contribution in [1.82, 2.24) is 5.32 Å². The largest absolute Gasteiger partial charge is 0.490 e. The zero-order valence-electron chi connectivity index (χ0n) is 18.6. The van der Waals surface area contributed by atoms with Crippen LogP contribution in [0.5, 0.6) is 11.5 Å². The lowest BCUT2D eigenvalue weighted by Crippen LogP contribution is -2.54. The fraction of sp³-hybridized carbons (Fsp3) is 0.115. The SMILES string of the molecule is CCOc1cc(/C=C2\C(=O)NC(=O)N(c3ccc(Cl)cc3)C2=O)ccc1OCc1cccc(F)c1. The second kappa shape index (κ2) is 10.4. The van der Waals surface area contributed by atoms with Crippen molar-refractivity contribution in [2.75, 3.05) is 11.5 Å². The van der Waals surface area contributed by atoms with E-state index in [1.165, 1.54) is 42.5 Å². The first-order valence-electron chi connectivity index (χ1n) is 10.7. The second-order valence-electron chi connectivity index (χ2n) is 7.49. The number of barbiturate groups is 1. The fourth-order valence-corrected chi connectivity index (χ4v) is 3.56. The maximum atomic E-state index is 13.4. The Morgan fingerprint density at radius 3 is 2.46 bits per heavy atom. The van der Waals surface area contributed by atoms with Crippen LogP contribution in [0.15, 0.2) is 72.3 Å². The second-order valence-corrected chi connectivity index (χ2v) is 7.93. The number of anilines is 1. The number of urea groups is 1. The third kappa shape index (κ3) is 5.50. The van der Waals surface area contributed by atoms with Gasteiger partial charge in [0.25, 0.3) is 11.8 Å². The van der Waals surface area contributed by atoms with Gasteiger partial charge in [0.15, 0.2) is 11.5 Å². The molecule has 1 heterocycles. The van der Waals surface area contributed by atoms with E-state index >= 15 is 0 Å². The van der Waals surface area contributed by atoms with Gasteiger partial charge in [0.2, 0.25) is 0 Å². The number of hydrogen-bond acceptors (Lipinski definition) is 5. The highest BCUT2D eigenvalue weighted by atomic mass is 35.5. The van der Waals surface area contributed by atoms with E-state index in [2.05, 4.69) is 5.32 Å². The number of carbonyl (C=O) groups excluding carboxylic acids is 3. The van der Waals surface area contributed by atoms with Gasteiger partial charge < -0.3 is 9.47 Å². The number of benzene rings is 3. The summed E-state index contributed by atoms with van der Waals surface area (Å²) in [7, 11) is 0. The lowest BCUT2D eigenvalue weighted by Gasteiger charge is -2.26. The topological polar surface area (TPSA) is 84.9 Å². The van der Waals surface area contributed by atoms with Crippen LogP contribution in [0.1, 0.15) is 18.1 Å². The van der Waals surface area contributed by atoms with E-state index in [0.29, 0.717) is 34.3 Å². The van der Waals surface area contributed by atoms with Gasteiger partial charge in [-0.15, -0.1) is 0 Å². The molecule has 9 heteroatoms. The highest BCUT2D eigenvalue weighted by Gasteiger charge is 2.36. The number of ether oxygens (including phenoxy) is 2. The molecule has 0 aliphatic carbocycles. The van der Waals surface area contributed by atoms with Crippen molar-refractivity contribution < 1.29 is 28.2 Å². The molecule has 0 bridgehead atoms. The molecule has 1 aliphatic rings. The molecule has 0 unspecified atom stereocenters. The Kier molecular flexibility index (Phi) is 7.12. The summed E-state index contributed by atoms with van der Waals surface area (Å²) < 4.78 is 24.9. The van der Waals surface area contributed by atoms with Crippen molar-refractivity contribution in [3.05, 3.63) is 94.3 Å². The van der Waals surface area contributed by atoms with Crippen LogP contribution in [-0.4, -0.2) is 24.5 Å². The minimum Gasteiger partial charge on any atom is -0.490 e. The quantitative estimate of drug-likeness (QED) is 0.364. The summed E-state index contributed by atoms with van der Waals surface area (Å²) in [4.78, 5) is 38.7. The summed E-state index contributed by atoms with van der Waals surface area (Å²) in [6.07, 6.45) is 1.37. The molecular weight excluding hydrogens is 475 g/mol. The van der Waals surface area contributed by atoms with Gasteiger partial charge in [-0.3, -0.25) is 14.9 Å². The molecule has 1 fully saturated rings. The molecule has 1 saturated heterocycles. The Bertz CT molecular complexity index is 1320. The van der Waals surface area contributed by atoms with Gasteiger partial charge in [-0.25, -0.2) is 14.1 Å². The van der Waals surface area contributed by atoms with Crippen LogP contribution in [-0.2, 0) is 16.2 Å². The van der Waals surface area contributed by atoms with Crippen LogP contribution in [0.25, 0.3) is 6.08 Å². The van der Waals surface area contributed by atoms with Crippen LogP contribution in [0, 0.1) is 5.82 Å². The third-order valence-electron chi connectivity index (χ3n) is 5.05. The maximum absolute atomic E-state index is 13.4. The van der Waals surface area contributed by atoms with E-state index < -0.39 is 17.8 Å². The van der Waals surface area contributed by atoms with Crippen molar-refractivity contribution >= 4 is 41.2 Å². The van der Waals surface area contributed by atoms with E-state index in [0.717, 1.165) is 4.90 Å². The molecule has 7 nitrogen and oxygen atoms in total. The van der Waals surface area contributed by atoms with Gasteiger partial charge in [-0.05, 0) is 72.7 Å². The smallest absolute Gasteiger partial charge is 0.335 e. The zero-order chi connectivity index (χ0) is 24.9. The van der Waals surface area contributed by atoms with E-state index in [9.17, 15) is 18.8 Å². The molecule has 35 heavy (non-hydrogen) atoms. The van der Waals surface area contributed by atoms with Crippen LogP contribution >= 0.6 is 11.6 Å². The van der Waals surface area contributed by atoms with Crippen molar-refractivity contribution in [2.24, 2.45) is 0 Å². The first kappa shape index (κ1) is 24.0. The number of amides is 4. The number of nitrogens with zero attached hydrogens (tertiary/aromatic N) is 1. The predicted octanol–water partition coefficient (Wildman–Crippen LogP) is 5.12. The number of carbonyl (C=O) groups is 3. The van der Waals surface area contributed by atoms with E-state index in [4.69, 9.17) is 21.1 Å². The summed E-state index contributed by atoms with van der Waals surface area (Å²) in [6.45, 7) is 2.27.